The van der Waals surface area contributed by atoms with Gasteiger partial charge in [0.15, 0.2) is 0 Å². The molecular weight excluding hydrogens is 212 g/mol. The van der Waals surface area contributed by atoms with Gasteiger partial charge in [0.05, 0.1) is 5.75 Å². The molecule has 92 valence electrons. The third kappa shape index (κ3) is 7.76. The van der Waals surface area contributed by atoms with Gasteiger partial charge in [0, 0.05) is 5.54 Å². The van der Waals surface area contributed by atoms with E-state index in [-0.39, 0.29) is 11.3 Å². The predicted octanol–water partition coefficient (Wildman–Crippen LogP) is 1.09. The zero-order chi connectivity index (χ0) is 11.9. The fraction of sp³-hybridized carbons (Fsp3) is 1.00. The van der Waals surface area contributed by atoms with Crippen LogP contribution in [0, 0.1) is 0 Å². The molecule has 0 aliphatic rings. The Hall–Kier alpha value is -0.130. The fourth-order valence-corrected chi connectivity index (χ4v) is 3.16. The molecule has 0 atom stereocenters. The van der Waals surface area contributed by atoms with Crippen LogP contribution in [0.25, 0.3) is 0 Å². The maximum absolute atomic E-state index is 11.7. The molecule has 0 aromatic heterocycles. The third-order valence-electron chi connectivity index (χ3n) is 2.15. The van der Waals surface area contributed by atoms with Crippen molar-refractivity contribution in [2.24, 2.45) is 0 Å². The number of rotatable bonds is 8. The molecule has 0 radical (unpaired) electrons. The third-order valence-corrected chi connectivity index (χ3v) is 3.84. The Morgan fingerprint density at radius 2 is 1.87 bits per heavy atom. The lowest BCUT2D eigenvalue weighted by Gasteiger charge is -2.25. The summed E-state index contributed by atoms with van der Waals surface area (Å²) < 4.78 is 26.1. The Kier molecular flexibility index (Phi) is 6.40. The second kappa shape index (κ2) is 6.45. The minimum absolute atomic E-state index is 0.195. The van der Waals surface area contributed by atoms with Crippen LogP contribution in [0.3, 0.4) is 0 Å². The number of sulfonamides is 1. The molecule has 0 saturated carbocycles. The Balaban J connectivity index is 4.13. The van der Waals surface area contributed by atoms with Crippen LogP contribution < -0.4 is 10.0 Å². The van der Waals surface area contributed by atoms with Gasteiger partial charge in [-0.15, -0.1) is 0 Å². The van der Waals surface area contributed by atoms with Crippen molar-refractivity contribution in [1.82, 2.24) is 10.0 Å². The van der Waals surface area contributed by atoms with Gasteiger partial charge >= 0.3 is 0 Å². The molecule has 2 N–H and O–H groups in total. The summed E-state index contributed by atoms with van der Waals surface area (Å²) >= 11 is 0. The first kappa shape index (κ1) is 14.9. The van der Waals surface area contributed by atoms with Gasteiger partial charge in [0.2, 0.25) is 10.0 Å². The van der Waals surface area contributed by atoms with Gasteiger partial charge in [-0.25, -0.2) is 13.1 Å². The van der Waals surface area contributed by atoms with Crippen LogP contribution in [0.1, 0.15) is 40.0 Å². The van der Waals surface area contributed by atoms with Crippen LogP contribution in [0.2, 0.25) is 0 Å². The molecular formula is C10H24N2O2S. The molecule has 0 aromatic carbocycles. The van der Waals surface area contributed by atoms with E-state index in [4.69, 9.17) is 0 Å². The lowest BCUT2D eigenvalue weighted by molar-refractivity contribution is 0.417. The Morgan fingerprint density at radius 1 is 1.27 bits per heavy atom. The van der Waals surface area contributed by atoms with Crippen molar-refractivity contribution in [3.63, 3.8) is 0 Å². The lowest BCUT2D eigenvalue weighted by atomic mass is 10.0. The zero-order valence-corrected chi connectivity index (χ0v) is 11.1. The second-order valence-electron chi connectivity index (χ2n) is 4.51. The largest absolute Gasteiger partial charge is 0.320 e. The molecule has 4 nitrogen and oxygen atoms in total. The molecule has 0 fully saturated rings. The molecule has 0 aromatic rings. The molecule has 0 spiro atoms. The van der Waals surface area contributed by atoms with E-state index in [2.05, 4.69) is 17.0 Å². The monoisotopic (exact) mass is 236 g/mol. The van der Waals surface area contributed by atoms with Gasteiger partial charge < -0.3 is 5.32 Å². The average molecular weight is 236 g/mol. The van der Waals surface area contributed by atoms with Crippen LogP contribution in [0.5, 0.6) is 0 Å². The van der Waals surface area contributed by atoms with Gasteiger partial charge in [0.1, 0.15) is 0 Å². The van der Waals surface area contributed by atoms with E-state index in [1.54, 1.807) is 0 Å². The summed E-state index contributed by atoms with van der Waals surface area (Å²) in [6.07, 6.45) is 2.48. The summed E-state index contributed by atoms with van der Waals surface area (Å²) in [6.45, 7) is 6.63. The van der Waals surface area contributed by atoms with Gasteiger partial charge in [-0.2, -0.15) is 0 Å². The van der Waals surface area contributed by atoms with Gasteiger partial charge in [-0.05, 0) is 40.3 Å². The van der Waals surface area contributed by atoms with Crippen molar-refractivity contribution >= 4 is 10.0 Å². The molecule has 0 amide bonds. The summed E-state index contributed by atoms with van der Waals surface area (Å²) in [6, 6.07) is 0. The normalized spacial score (nSPS) is 13.1. The maximum atomic E-state index is 11.7. The van der Waals surface area contributed by atoms with Crippen LogP contribution in [-0.2, 0) is 10.0 Å². The van der Waals surface area contributed by atoms with Crippen molar-refractivity contribution in [2.75, 3.05) is 19.3 Å². The van der Waals surface area contributed by atoms with Crippen LogP contribution in [0.15, 0.2) is 0 Å². The maximum Gasteiger partial charge on any atom is 0.212 e. The summed E-state index contributed by atoms with van der Waals surface area (Å²) in [7, 11) is -1.30. The van der Waals surface area contributed by atoms with E-state index in [1.807, 2.05) is 20.9 Å². The van der Waals surface area contributed by atoms with E-state index < -0.39 is 10.0 Å². The predicted molar refractivity (Wildman–Crippen MR) is 64.5 cm³/mol. The molecule has 5 heteroatoms. The Bertz CT molecular complexity index is 261. The van der Waals surface area contributed by atoms with Gasteiger partial charge in [0.25, 0.3) is 0 Å². The van der Waals surface area contributed by atoms with E-state index >= 15 is 0 Å². The van der Waals surface area contributed by atoms with E-state index in [9.17, 15) is 8.42 Å². The summed E-state index contributed by atoms with van der Waals surface area (Å²) in [4.78, 5) is 0. The molecule has 0 bridgehead atoms. The highest BCUT2D eigenvalue weighted by Crippen LogP contribution is 2.12. The summed E-state index contributed by atoms with van der Waals surface area (Å²) in [5.74, 6) is 0.195. The smallest absolute Gasteiger partial charge is 0.212 e. The standard InChI is InChI=1S/C10H24N2O2S/c1-5-7-10(2,3)12-15(13,14)9-6-8-11-4/h11-12H,5-9H2,1-4H3. The molecule has 0 aliphatic heterocycles. The Morgan fingerprint density at radius 3 is 2.33 bits per heavy atom. The minimum Gasteiger partial charge on any atom is -0.320 e. The van der Waals surface area contributed by atoms with Gasteiger partial charge in [-0.1, -0.05) is 13.3 Å². The van der Waals surface area contributed by atoms with Crippen molar-refractivity contribution in [2.45, 2.75) is 45.6 Å². The van der Waals surface area contributed by atoms with E-state index in [1.165, 1.54) is 0 Å². The lowest BCUT2D eigenvalue weighted by Crippen LogP contribution is -2.44. The average Bonchev–Trinajstić information content (AvgIpc) is 2.01. The molecule has 0 rings (SSSR count). The molecule has 0 unspecified atom stereocenters. The zero-order valence-electron chi connectivity index (χ0n) is 10.3. The minimum atomic E-state index is -3.12. The number of hydrogen-bond donors (Lipinski definition) is 2. The van der Waals surface area contributed by atoms with E-state index in [0.717, 1.165) is 19.4 Å². The van der Waals surface area contributed by atoms with Crippen LogP contribution in [-0.4, -0.2) is 33.3 Å². The summed E-state index contributed by atoms with van der Waals surface area (Å²) in [5, 5.41) is 2.94. The van der Waals surface area contributed by atoms with Crippen molar-refractivity contribution in [3.8, 4) is 0 Å². The first-order valence-corrected chi connectivity index (χ1v) is 7.14. The number of nitrogens with one attached hydrogen (secondary N) is 2. The highest BCUT2D eigenvalue weighted by Gasteiger charge is 2.23. The first-order chi connectivity index (χ1) is 6.83. The summed E-state index contributed by atoms with van der Waals surface area (Å²) in [5.41, 5.74) is -0.326. The Labute approximate surface area is 93.9 Å². The number of hydrogen-bond acceptors (Lipinski definition) is 3. The molecule has 15 heavy (non-hydrogen) atoms. The first-order valence-electron chi connectivity index (χ1n) is 5.49. The SMILES string of the molecule is CCCC(C)(C)NS(=O)(=O)CCCNC. The van der Waals surface area contributed by atoms with Gasteiger partial charge in [-0.3, -0.25) is 0 Å². The quantitative estimate of drug-likeness (QED) is 0.620. The molecule has 0 heterocycles. The highest BCUT2D eigenvalue weighted by molar-refractivity contribution is 7.89. The topological polar surface area (TPSA) is 58.2 Å². The highest BCUT2D eigenvalue weighted by atomic mass is 32.2. The van der Waals surface area contributed by atoms with Crippen LogP contribution in [0.4, 0.5) is 0 Å². The van der Waals surface area contributed by atoms with E-state index in [0.29, 0.717) is 6.42 Å². The fourth-order valence-electron chi connectivity index (χ4n) is 1.59. The van der Waals surface area contributed by atoms with Crippen molar-refractivity contribution in [3.05, 3.63) is 0 Å². The van der Waals surface area contributed by atoms with Crippen LogP contribution >= 0.6 is 0 Å². The van der Waals surface area contributed by atoms with Crippen molar-refractivity contribution < 1.29 is 8.42 Å². The second-order valence-corrected chi connectivity index (χ2v) is 6.35. The molecule has 0 saturated heterocycles. The molecule has 0 aliphatic carbocycles. The van der Waals surface area contributed by atoms with Crippen molar-refractivity contribution in [1.29, 1.82) is 0 Å².